The van der Waals surface area contributed by atoms with E-state index in [2.05, 4.69) is 0 Å². The summed E-state index contributed by atoms with van der Waals surface area (Å²) in [7, 11) is -2.92. The van der Waals surface area contributed by atoms with E-state index in [1.807, 2.05) is 19.1 Å². The van der Waals surface area contributed by atoms with Gasteiger partial charge in [0.25, 0.3) is 0 Å². The Balaban J connectivity index is 2.53. The molecular weight excluding hydrogens is 252 g/mol. The summed E-state index contributed by atoms with van der Waals surface area (Å²) < 4.78 is 27.4. The molecule has 0 bridgehead atoms. The van der Waals surface area contributed by atoms with Crippen molar-refractivity contribution in [2.45, 2.75) is 26.4 Å². The first-order chi connectivity index (χ1) is 8.29. The van der Waals surface area contributed by atoms with E-state index in [-0.39, 0.29) is 5.75 Å². The van der Waals surface area contributed by atoms with Crippen LogP contribution in [0.15, 0.2) is 18.2 Å². The Morgan fingerprint density at radius 2 is 2.06 bits per heavy atom. The summed E-state index contributed by atoms with van der Waals surface area (Å²) in [6.45, 7) is 3.99. The van der Waals surface area contributed by atoms with Gasteiger partial charge in [0.2, 0.25) is 0 Å². The van der Waals surface area contributed by atoms with Crippen LogP contribution in [-0.4, -0.2) is 32.1 Å². The van der Waals surface area contributed by atoms with Crippen molar-refractivity contribution < 1.29 is 18.3 Å². The van der Waals surface area contributed by atoms with Crippen molar-refractivity contribution in [1.82, 2.24) is 0 Å². The fraction of sp³-hybridized carbons (Fsp3) is 0.538. The number of ether oxygens (including phenoxy) is 1. The number of hydrogen-bond donors (Lipinski definition) is 1. The average molecular weight is 272 g/mol. The van der Waals surface area contributed by atoms with Gasteiger partial charge in [0.05, 0.1) is 18.5 Å². The second kappa shape index (κ2) is 6.20. The van der Waals surface area contributed by atoms with Gasteiger partial charge in [0, 0.05) is 6.26 Å². The SMILES string of the molecule is Cc1cc(C(C)O)ccc1OCCCS(C)(=O)=O. The van der Waals surface area contributed by atoms with Gasteiger partial charge < -0.3 is 9.84 Å². The van der Waals surface area contributed by atoms with Crippen molar-refractivity contribution in [2.24, 2.45) is 0 Å². The van der Waals surface area contributed by atoms with Gasteiger partial charge >= 0.3 is 0 Å². The Bertz CT molecular complexity index is 492. The molecule has 0 aromatic heterocycles. The molecule has 5 heteroatoms. The van der Waals surface area contributed by atoms with E-state index in [1.165, 1.54) is 6.26 Å². The third kappa shape index (κ3) is 5.06. The van der Waals surface area contributed by atoms with Gasteiger partial charge in [-0.15, -0.1) is 0 Å². The lowest BCUT2D eigenvalue weighted by Crippen LogP contribution is -2.08. The Kier molecular flexibility index (Phi) is 5.16. The van der Waals surface area contributed by atoms with Gasteiger partial charge in [0.1, 0.15) is 15.6 Å². The number of sulfone groups is 1. The quantitative estimate of drug-likeness (QED) is 0.803. The van der Waals surface area contributed by atoms with E-state index in [1.54, 1.807) is 13.0 Å². The Morgan fingerprint density at radius 1 is 1.39 bits per heavy atom. The van der Waals surface area contributed by atoms with Gasteiger partial charge in [-0.1, -0.05) is 6.07 Å². The molecule has 1 atom stereocenters. The Hall–Kier alpha value is -1.07. The van der Waals surface area contributed by atoms with E-state index in [4.69, 9.17) is 4.74 Å². The molecule has 0 saturated heterocycles. The van der Waals surface area contributed by atoms with Crippen LogP contribution in [-0.2, 0) is 9.84 Å². The van der Waals surface area contributed by atoms with E-state index in [0.717, 1.165) is 16.9 Å². The zero-order chi connectivity index (χ0) is 13.8. The number of rotatable bonds is 6. The van der Waals surface area contributed by atoms with Crippen LogP contribution in [0.4, 0.5) is 0 Å². The Labute approximate surface area is 109 Å². The van der Waals surface area contributed by atoms with Gasteiger partial charge in [-0.05, 0) is 43.5 Å². The van der Waals surface area contributed by atoms with Crippen molar-refractivity contribution in [3.63, 3.8) is 0 Å². The molecule has 1 aromatic carbocycles. The zero-order valence-corrected chi connectivity index (χ0v) is 11.8. The topological polar surface area (TPSA) is 63.6 Å². The van der Waals surface area contributed by atoms with Crippen LogP contribution >= 0.6 is 0 Å². The molecule has 0 fully saturated rings. The molecule has 0 radical (unpaired) electrons. The number of aryl methyl sites for hydroxylation is 1. The smallest absolute Gasteiger partial charge is 0.147 e. The molecule has 0 aliphatic carbocycles. The lowest BCUT2D eigenvalue weighted by Gasteiger charge is -2.11. The third-order valence-electron chi connectivity index (χ3n) is 2.60. The second-order valence-electron chi connectivity index (χ2n) is 4.53. The van der Waals surface area contributed by atoms with Crippen LogP contribution in [0.2, 0.25) is 0 Å². The standard InChI is InChI=1S/C13H20O4S/c1-10-9-12(11(2)14)5-6-13(10)17-7-4-8-18(3,15)16/h5-6,9,11,14H,4,7-8H2,1-3H3. The normalized spacial score (nSPS) is 13.3. The largest absolute Gasteiger partial charge is 0.493 e. The molecule has 0 heterocycles. The minimum Gasteiger partial charge on any atom is -0.493 e. The summed E-state index contributed by atoms with van der Waals surface area (Å²) in [6.07, 6.45) is 1.20. The first-order valence-corrected chi connectivity index (χ1v) is 7.95. The van der Waals surface area contributed by atoms with Crippen LogP contribution in [0, 0.1) is 6.92 Å². The summed E-state index contributed by atoms with van der Waals surface area (Å²) in [5.41, 5.74) is 1.78. The molecule has 0 aliphatic heterocycles. The summed E-state index contributed by atoms with van der Waals surface area (Å²) in [5, 5.41) is 9.44. The van der Waals surface area contributed by atoms with Crippen LogP contribution < -0.4 is 4.74 Å². The van der Waals surface area contributed by atoms with Crippen LogP contribution in [0.5, 0.6) is 5.75 Å². The third-order valence-corrected chi connectivity index (χ3v) is 3.63. The number of hydrogen-bond acceptors (Lipinski definition) is 4. The number of aliphatic hydroxyl groups is 1. The van der Waals surface area contributed by atoms with E-state index < -0.39 is 15.9 Å². The lowest BCUT2D eigenvalue weighted by molar-refractivity contribution is 0.199. The maximum Gasteiger partial charge on any atom is 0.147 e. The molecular formula is C13H20O4S. The molecule has 1 aromatic rings. The van der Waals surface area contributed by atoms with Gasteiger partial charge in [-0.25, -0.2) is 8.42 Å². The summed E-state index contributed by atoms with van der Waals surface area (Å²) in [4.78, 5) is 0. The molecule has 0 amide bonds. The zero-order valence-electron chi connectivity index (χ0n) is 11.0. The predicted molar refractivity (Wildman–Crippen MR) is 71.6 cm³/mol. The highest BCUT2D eigenvalue weighted by molar-refractivity contribution is 7.90. The van der Waals surface area contributed by atoms with Crippen molar-refractivity contribution in [3.8, 4) is 5.75 Å². The predicted octanol–water partition coefficient (Wildman–Crippen LogP) is 1.86. The van der Waals surface area contributed by atoms with Crippen LogP contribution in [0.1, 0.15) is 30.6 Å². The Morgan fingerprint density at radius 3 is 2.56 bits per heavy atom. The van der Waals surface area contributed by atoms with E-state index >= 15 is 0 Å². The number of benzene rings is 1. The van der Waals surface area contributed by atoms with Crippen molar-refractivity contribution >= 4 is 9.84 Å². The lowest BCUT2D eigenvalue weighted by atomic mass is 10.1. The highest BCUT2D eigenvalue weighted by atomic mass is 32.2. The van der Waals surface area contributed by atoms with Crippen molar-refractivity contribution in [2.75, 3.05) is 18.6 Å². The first kappa shape index (κ1) is 15.0. The number of aliphatic hydroxyl groups excluding tert-OH is 1. The van der Waals surface area contributed by atoms with Crippen LogP contribution in [0.3, 0.4) is 0 Å². The molecule has 102 valence electrons. The molecule has 1 unspecified atom stereocenters. The van der Waals surface area contributed by atoms with Gasteiger partial charge in [-0.2, -0.15) is 0 Å². The highest BCUT2D eigenvalue weighted by Gasteiger charge is 2.06. The van der Waals surface area contributed by atoms with E-state index in [0.29, 0.717) is 13.0 Å². The van der Waals surface area contributed by atoms with Crippen molar-refractivity contribution in [3.05, 3.63) is 29.3 Å². The summed E-state index contributed by atoms with van der Waals surface area (Å²) in [6, 6.07) is 5.48. The first-order valence-electron chi connectivity index (χ1n) is 5.89. The summed E-state index contributed by atoms with van der Waals surface area (Å²) in [5.74, 6) is 0.866. The van der Waals surface area contributed by atoms with E-state index in [9.17, 15) is 13.5 Å². The molecule has 4 nitrogen and oxygen atoms in total. The highest BCUT2D eigenvalue weighted by Crippen LogP contribution is 2.22. The molecule has 0 aliphatic rings. The monoisotopic (exact) mass is 272 g/mol. The maximum absolute atomic E-state index is 10.9. The second-order valence-corrected chi connectivity index (χ2v) is 6.79. The fourth-order valence-corrected chi connectivity index (χ4v) is 2.24. The molecule has 0 saturated carbocycles. The van der Waals surface area contributed by atoms with Crippen molar-refractivity contribution in [1.29, 1.82) is 0 Å². The minimum absolute atomic E-state index is 0.137. The fourth-order valence-electron chi connectivity index (χ4n) is 1.60. The molecule has 1 rings (SSSR count). The molecule has 0 spiro atoms. The van der Waals surface area contributed by atoms with Gasteiger partial charge in [0.15, 0.2) is 0 Å². The van der Waals surface area contributed by atoms with Gasteiger partial charge in [-0.3, -0.25) is 0 Å². The molecule has 1 N–H and O–H groups in total. The maximum atomic E-state index is 10.9. The van der Waals surface area contributed by atoms with Crippen LogP contribution in [0.25, 0.3) is 0 Å². The average Bonchev–Trinajstić information content (AvgIpc) is 2.24. The molecule has 18 heavy (non-hydrogen) atoms. The summed E-state index contributed by atoms with van der Waals surface area (Å²) >= 11 is 0. The minimum atomic E-state index is -2.92.